The Labute approximate surface area is 268 Å². The van der Waals surface area contributed by atoms with Crippen LogP contribution in [0, 0.1) is 12.8 Å². The number of benzene rings is 3. The second-order valence-electron chi connectivity index (χ2n) is 11.7. The van der Waals surface area contributed by atoms with Crippen LogP contribution in [0.3, 0.4) is 0 Å². The van der Waals surface area contributed by atoms with E-state index in [9.17, 15) is 23.1 Å². The first-order chi connectivity index (χ1) is 21.5. The van der Waals surface area contributed by atoms with Crippen molar-refractivity contribution in [2.45, 2.75) is 69.9 Å². The molecular formula is C35H47N3O6S. The van der Waals surface area contributed by atoms with E-state index in [1.54, 1.807) is 43.5 Å². The van der Waals surface area contributed by atoms with Crippen molar-refractivity contribution in [3.05, 3.63) is 95.6 Å². The minimum Gasteiger partial charge on any atom is -0.497 e. The van der Waals surface area contributed by atoms with Gasteiger partial charge in [0.1, 0.15) is 11.8 Å². The van der Waals surface area contributed by atoms with E-state index in [1.807, 2.05) is 63.2 Å². The molecule has 3 rings (SSSR count). The smallest absolute Gasteiger partial charge is 0.243 e. The molecule has 244 valence electrons. The molecule has 0 aromatic heterocycles. The topological polar surface area (TPSA) is 125 Å². The number of aliphatic hydroxyl groups excluding tert-OH is 1. The van der Waals surface area contributed by atoms with Crippen LogP contribution in [0.15, 0.2) is 83.8 Å². The molecule has 9 nitrogen and oxygen atoms in total. The molecule has 0 aliphatic rings. The van der Waals surface area contributed by atoms with E-state index in [0.717, 1.165) is 16.7 Å². The standard InChI is InChI=1S/C35H47N3O6S/c1-26(2)24-38(45(42,43)32-19-13-27(3)14-20-32)30(25-39)12-8-9-21-36-35(41)33(22-28-10-6-5-7-11-28)37-34(40)23-29-15-17-31(44-4)18-16-29/h5-7,10-11,13-20,26,30,33,39H,8-9,12,21-25H2,1-4H3,(H,36,41)(H,37,40)/t30-,33-/m0/s1. The van der Waals surface area contributed by atoms with Crippen molar-refractivity contribution in [2.75, 3.05) is 26.8 Å². The molecule has 0 unspecified atom stereocenters. The number of hydrogen-bond donors (Lipinski definition) is 3. The number of carbonyl (C=O) groups is 2. The maximum atomic E-state index is 13.5. The lowest BCUT2D eigenvalue weighted by Gasteiger charge is -2.31. The van der Waals surface area contributed by atoms with Crippen LogP contribution >= 0.6 is 0 Å². The highest BCUT2D eigenvalue weighted by Crippen LogP contribution is 2.23. The average molecular weight is 638 g/mol. The van der Waals surface area contributed by atoms with Crippen LogP contribution in [0.5, 0.6) is 5.75 Å². The fourth-order valence-corrected chi connectivity index (χ4v) is 6.86. The van der Waals surface area contributed by atoms with Crippen molar-refractivity contribution in [1.29, 1.82) is 0 Å². The van der Waals surface area contributed by atoms with Gasteiger partial charge in [-0.3, -0.25) is 9.59 Å². The molecule has 3 N–H and O–H groups in total. The molecule has 2 atom stereocenters. The molecule has 3 aromatic carbocycles. The maximum Gasteiger partial charge on any atom is 0.243 e. The zero-order valence-electron chi connectivity index (χ0n) is 26.7. The molecule has 45 heavy (non-hydrogen) atoms. The number of ether oxygens (including phenoxy) is 1. The van der Waals surface area contributed by atoms with Gasteiger partial charge in [0.2, 0.25) is 21.8 Å². The summed E-state index contributed by atoms with van der Waals surface area (Å²) in [5.41, 5.74) is 2.70. The number of aliphatic hydroxyl groups is 1. The first-order valence-corrected chi connectivity index (χ1v) is 16.9. The van der Waals surface area contributed by atoms with Gasteiger partial charge in [-0.25, -0.2) is 8.42 Å². The third-order valence-electron chi connectivity index (χ3n) is 7.51. The van der Waals surface area contributed by atoms with Gasteiger partial charge >= 0.3 is 0 Å². The van der Waals surface area contributed by atoms with Gasteiger partial charge in [0.05, 0.1) is 25.0 Å². The highest BCUT2D eigenvalue weighted by atomic mass is 32.2. The van der Waals surface area contributed by atoms with E-state index >= 15 is 0 Å². The molecule has 0 aliphatic heterocycles. The quantitative estimate of drug-likeness (QED) is 0.179. The van der Waals surface area contributed by atoms with Crippen molar-refractivity contribution < 1.29 is 27.9 Å². The Morgan fingerprint density at radius 1 is 0.911 bits per heavy atom. The predicted octanol–water partition coefficient (Wildman–Crippen LogP) is 4.27. The minimum atomic E-state index is -3.80. The molecule has 0 saturated heterocycles. The molecule has 0 saturated carbocycles. The first-order valence-electron chi connectivity index (χ1n) is 15.5. The molecule has 0 spiro atoms. The fourth-order valence-electron chi connectivity index (χ4n) is 5.05. The lowest BCUT2D eigenvalue weighted by atomic mass is 10.0. The summed E-state index contributed by atoms with van der Waals surface area (Å²) in [4.78, 5) is 26.3. The summed E-state index contributed by atoms with van der Waals surface area (Å²) in [5.74, 6) is 0.220. The van der Waals surface area contributed by atoms with Gasteiger partial charge in [-0.05, 0) is 61.1 Å². The number of hydrogen-bond acceptors (Lipinski definition) is 6. The summed E-state index contributed by atoms with van der Waals surface area (Å²) in [6.45, 7) is 6.13. The average Bonchev–Trinajstić information content (AvgIpc) is 3.02. The largest absolute Gasteiger partial charge is 0.497 e. The molecule has 3 aromatic rings. The second kappa shape index (κ2) is 17.7. The molecule has 0 aliphatic carbocycles. The van der Waals surface area contributed by atoms with Crippen LogP contribution in [0.2, 0.25) is 0 Å². The van der Waals surface area contributed by atoms with Crippen LogP contribution < -0.4 is 15.4 Å². The summed E-state index contributed by atoms with van der Waals surface area (Å²) in [6, 6.07) is 22.1. The molecule has 0 heterocycles. The van der Waals surface area contributed by atoms with Gasteiger partial charge in [-0.2, -0.15) is 4.31 Å². The van der Waals surface area contributed by atoms with Gasteiger partial charge in [-0.1, -0.05) is 80.4 Å². The van der Waals surface area contributed by atoms with Gasteiger partial charge in [0.15, 0.2) is 0 Å². The molecule has 0 bridgehead atoms. The monoisotopic (exact) mass is 637 g/mol. The highest BCUT2D eigenvalue weighted by molar-refractivity contribution is 7.89. The van der Waals surface area contributed by atoms with Crippen LogP contribution in [0.1, 0.15) is 49.8 Å². The van der Waals surface area contributed by atoms with E-state index in [0.29, 0.717) is 38.0 Å². The maximum absolute atomic E-state index is 13.5. The van der Waals surface area contributed by atoms with Crippen molar-refractivity contribution in [3.63, 3.8) is 0 Å². The van der Waals surface area contributed by atoms with Crippen molar-refractivity contribution in [3.8, 4) is 5.75 Å². The number of amides is 2. The van der Waals surface area contributed by atoms with Crippen LogP contribution in [0.4, 0.5) is 0 Å². The van der Waals surface area contributed by atoms with Crippen molar-refractivity contribution in [1.82, 2.24) is 14.9 Å². The lowest BCUT2D eigenvalue weighted by Crippen LogP contribution is -2.48. The van der Waals surface area contributed by atoms with Gasteiger partial charge in [-0.15, -0.1) is 0 Å². The summed E-state index contributed by atoms with van der Waals surface area (Å²) >= 11 is 0. The predicted molar refractivity (Wildman–Crippen MR) is 176 cm³/mol. The summed E-state index contributed by atoms with van der Waals surface area (Å²) < 4.78 is 33.7. The van der Waals surface area contributed by atoms with Crippen LogP contribution in [0.25, 0.3) is 0 Å². The number of aryl methyl sites for hydroxylation is 1. The fraction of sp³-hybridized carbons (Fsp3) is 0.429. The zero-order valence-corrected chi connectivity index (χ0v) is 27.6. The molecular weight excluding hydrogens is 590 g/mol. The number of unbranched alkanes of at least 4 members (excludes halogenated alkanes) is 1. The Morgan fingerprint density at radius 3 is 2.18 bits per heavy atom. The Morgan fingerprint density at radius 2 is 1.58 bits per heavy atom. The Bertz CT molecular complexity index is 1440. The lowest BCUT2D eigenvalue weighted by molar-refractivity contribution is -0.128. The van der Waals surface area contributed by atoms with Crippen molar-refractivity contribution >= 4 is 21.8 Å². The third-order valence-corrected chi connectivity index (χ3v) is 9.44. The summed E-state index contributed by atoms with van der Waals surface area (Å²) in [6.07, 6.45) is 2.09. The molecule has 0 radical (unpaired) electrons. The highest BCUT2D eigenvalue weighted by Gasteiger charge is 2.31. The number of nitrogens with zero attached hydrogens (tertiary/aromatic N) is 1. The van der Waals surface area contributed by atoms with Crippen LogP contribution in [-0.2, 0) is 32.5 Å². The SMILES string of the molecule is COc1ccc(CC(=O)N[C@@H](Cc2ccccc2)C(=O)NCCCC[C@@H](CO)N(CC(C)C)S(=O)(=O)c2ccc(C)cc2)cc1. The summed E-state index contributed by atoms with van der Waals surface area (Å²) in [7, 11) is -2.22. The van der Waals surface area contributed by atoms with E-state index in [1.165, 1.54) is 4.31 Å². The third kappa shape index (κ3) is 11.3. The van der Waals surface area contributed by atoms with Gasteiger partial charge in [0, 0.05) is 25.6 Å². The molecule has 2 amide bonds. The normalized spacial score (nSPS) is 13.0. The Hall–Kier alpha value is -3.73. The number of carbonyl (C=O) groups excluding carboxylic acids is 2. The van der Waals surface area contributed by atoms with E-state index in [2.05, 4.69) is 10.6 Å². The van der Waals surface area contributed by atoms with Crippen LogP contribution in [-0.4, -0.2) is 68.5 Å². The number of sulfonamides is 1. The van der Waals surface area contributed by atoms with E-state index < -0.39 is 22.1 Å². The zero-order chi connectivity index (χ0) is 32.8. The number of rotatable bonds is 18. The second-order valence-corrected chi connectivity index (χ2v) is 13.6. The van der Waals surface area contributed by atoms with E-state index in [-0.39, 0.29) is 42.2 Å². The molecule has 0 fully saturated rings. The first kappa shape index (κ1) is 35.7. The van der Waals surface area contributed by atoms with Crippen molar-refractivity contribution in [2.24, 2.45) is 5.92 Å². The minimum absolute atomic E-state index is 0.0695. The van der Waals surface area contributed by atoms with Gasteiger partial charge in [0.25, 0.3) is 0 Å². The Kier molecular flexibility index (Phi) is 14.0. The number of methoxy groups -OCH3 is 1. The number of nitrogens with one attached hydrogen (secondary N) is 2. The van der Waals surface area contributed by atoms with E-state index in [4.69, 9.17) is 4.74 Å². The van der Waals surface area contributed by atoms with Gasteiger partial charge < -0.3 is 20.5 Å². The Balaban J connectivity index is 1.58. The summed E-state index contributed by atoms with van der Waals surface area (Å²) in [5, 5.41) is 16.0. The molecule has 10 heteroatoms.